The second-order valence-corrected chi connectivity index (χ2v) is 5.48. The fourth-order valence-electron chi connectivity index (χ4n) is 2.22. The largest absolute Gasteiger partial charge is 0.380 e. The second-order valence-electron chi connectivity index (χ2n) is 5.48. The maximum atomic E-state index is 4.51. The first-order valence-corrected chi connectivity index (χ1v) is 7.12. The SMILES string of the molecule is Cc1ccc(CNc2cnc3c(cnn3C(C)C)c2)cn1. The minimum Gasteiger partial charge on any atom is -0.380 e. The van der Waals surface area contributed by atoms with Gasteiger partial charge in [-0.2, -0.15) is 5.10 Å². The van der Waals surface area contributed by atoms with E-state index in [-0.39, 0.29) is 0 Å². The number of nitrogens with zero attached hydrogens (tertiary/aromatic N) is 4. The Balaban J connectivity index is 1.77. The molecule has 0 aliphatic rings. The number of nitrogens with one attached hydrogen (secondary N) is 1. The average Bonchev–Trinajstić information content (AvgIpc) is 2.90. The highest BCUT2D eigenvalue weighted by atomic mass is 15.3. The molecule has 5 nitrogen and oxygen atoms in total. The van der Waals surface area contributed by atoms with E-state index in [0.717, 1.165) is 34.5 Å². The van der Waals surface area contributed by atoms with Crippen LogP contribution in [0.5, 0.6) is 0 Å². The third kappa shape index (κ3) is 2.86. The first-order valence-electron chi connectivity index (χ1n) is 7.12. The summed E-state index contributed by atoms with van der Waals surface area (Å²) in [6.07, 6.45) is 5.61. The molecule has 3 aromatic rings. The molecular weight excluding hydrogens is 262 g/mol. The molecule has 0 bridgehead atoms. The quantitative estimate of drug-likeness (QED) is 0.797. The van der Waals surface area contributed by atoms with Gasteiger partial charge in [0.1, 0.15) is 0 Å². The molecule has 3 aromatic heterocycles. The van der Waals surface area contributed by atoms with Crippen molar-refractivity contribution in [2.45, 2.75) is 33.4 Å². The molecule has 3 heterocycles. The summed E-state index contributed by atoms with van der Waals surface area (Å²) in [6, 6.07) is 6.49. The summed E-state index contributed by atoms with van der Waals surface area (Å²) >= 11 is 0. The molecule has 0 aromatic carbocycles. The van der Waals surface area contributed by atoms with E-state index in [1.807, 2.05) is 36.3 Å². The summed E-state index contributed by atoms with van der Waals surface area (Å²) in [7, 11) is 0. The number of anilines is 1. The highest BCUT2D eigenvalue weighted by molar-refractivity contribution is 5.78. The van der Waals surface area contributed by atoms with Crippen molar-refractivity contribution in [2.75, 3.05) is 5.32 Å². The molecule has 0 saturated carbocycles. The average molecular weight is 281 g/mol. The van der Waals surface area contributed by atoms with E-state index in [4.69, 9.17) is 0 Å². The zero-order valence-electron chi connectivity index (χ0n) is 12.5. The molecule has 0 radical (unpaired) electrons. The van der Waals surface area contributed by atoms with Gasteiger partial charge >= 0.3 is 0 Å². The topological polar surface area (TPSA) is 55.6 Å². The van der Waals surface area contributed by atoms with Crippen LogP contribution in [-0.2, 0) is 6.54 Å². The summed E-state index contributed by atoms with van der Waals surface area (Å²) in [5, 5.41) is 8.80. The summed E-state index contributed by atoms with van der Waals surface area (Å²) < 4.78 is 1.93. The molecule has 0 atom stereocenters. The van der Waals surface area contributed by atoms with Gasteiger partial charge in [-0.25, -0.2) is 9.67 Å². The molecule has 0 saturated heterocycles. The van der Waals surface area contributed by atoms with Crippen LogP contribution < -0.4 is 5.32 Å². The van der Waals surface area contributed by atoms with Crippen molar-refractivity contribution in [3.63, 3.8) is 0 Å². The predicted octanol–water partition coefficient (Wildman–Crippen LogP) is 3.33. The van der Waals surface area contributed by atoms with Gasteiger partial charge in [-0.1, -0.05) is 6.07 Å². The Bertz CT molecular complexity index is 743. The van der Waals surface area contributed by atoms with E-state index in [0.29, 0.717) is 6.04 Å². The molecule has 0 unspecified atom stereocenters. The third-order valence-corrected chi connectivity index (χ3v) is 3.39. The molecule has 0 spiro atoms. The van der Waals surface area contributed by atoms with Crippen LogP contribution in [0.3, 0.4) is 0 Å². The van der Waals surface area contributed by atoms with Crippen LogP contribution >= 0.6 is 0 Å². The lowest BCUT2D eigenvalue weighted by molar-refractivity contribution is 0.546. The first-order chi connectivity index (χ1) is 10.1. The van der Waals surface area contributed by atoms with E-state index < -0.39 is 0 Å². The standard InChI is InChI=1S/C16H19N5/c1-11(2)21-16-14(9-20-21)6-15(10-19-16)18-8-13-5-4-12(3)17-7-13/h4-7,9-11,18H,8H2,1-3H3. The molecule has 0 amide bonds. The van der Waals surface area contributed by atoms with Gasteiger partial charge in [-0.05, 0) is 38.5 Å². The second kappa shape index (κ2) is 5.52. The van der Waals surface area contributed by atoms with Crippen LogP contribution in [0.15, 0.2) is 36.8 Å². The van der Waals surface area contributed by atoms with E-state index in [9.17, 15) is 0 Å². The number of rotatable bonds is 4. The normalized spacial score (nSPS) is 11.2. The van der Waals surface area contributed by atoms with E-state index in [1.165, 1.54) is 0 Å². The monoisotopic (exact) mass is 281 g/mol. The van der Waals surface area contributed by atoms with Crippen molar-refractivity contribution in [1.29, 1.82) is 0 Å². The molecule has 0 aliphatic heterocycles. The smallest absolute Gasteiger partial charge is 0.158 e. The molecule has 1 N–H and O–H groups in total. The van der Waals surface area contributed by atoms with Crippen LogP contribution in [-0.4, -0.2) is 19.7 Å². The van der Waals surface area contributed by atoms with Crippen LogP contribution in [0, 0.1) is 6.92 Å². The van der Waals surface area contributed by atoms with E-state index >= 15 is 0 Å². The van der Waals surface area contributed by atoms with Crippen molar-refractivity contribution in [1.82, 2.24) is 19.7 Å². The lowest BCUT2D eigenvalue weighted by Gasteiger charge is -2.08. The number of hydrogen-bond acceptors (Lipinski definition) is 4. The fourth-order valence-corrected chi connectivity index (χ4v) is 2.22. The number of pyridine rings is 2. The Hall–Kier alpha value is -2.43. The van der Waals surface area contributed by atoms with Crippen LogP contribution in [0.4, 0.5) is 5.69 Å². The molecule has 0 fully saturated rings. The van der Waals surface area contributed by atoms with E-state index in [2.05, 4.69) is 46.4 Å². The lowest BCUT2D eigenvalue weighted by Crippen LogP contribution is -2.04. The van der Waals surface area contributed by atoms with Crippen molar-refractivity contribution in [3.05, 3.63) is 48.0 Å². The van der Waals surface area contributed by atoms with Gasteiger partial charge in [0.05, 0.1) is 18.1 Å². The molecule has 3 rings (SSSR count). The van der Waals surface area contributed by atoms with Gasteiger partial charge in [-0.15, -0.1) is 0 Å². The number of aromatic nitrogens is 4. The Kier molecular flexibility index (Phi) is 3.56. The molecular formula is C16H19N5. The highest BCUT2D eigenvalue weighted by Gasteiger charge is 2.07. The summed E-state index contributed by atoms with van der Waals surface area (Å²) in [5.41, 5.74) is 4.10. The van der Waals surface area contributed by atoms with Crippen LogP contribution in [0.2, 0.25) is 0 Å². The van der Waals surface area contributed by atoms with Crippen molar-refractivity contribution in [3.8, 4) is 0 Å². The number of hydrogen-bond donors (Lipinski definition) is 1. The van der Waals surface area contributed by atoms with Gasteiger partial charge in [0.25, 0.3) is 0 Å². The number of fused-ring (bicyclic) bond motifs is 1. The van der Waals surface area contributed by atoms with Crippen molar-refractivity contribution >= 4 is 16.7 Å². The predicted molar refractivity (Wildman–Crippen MR) is 84.2 cm³/mol. The van der Waals surface area contributed by atoms with Gasteiger partial charge < -0.3 is 5.32 Å². The summed E-state index contributed by atoms with van der Waals surface area (Å²) in [5.74, 6) is 0. The van der Waals surface area contributed by atoms with Crippen LogP contribution in [0.25, 0.3) is 11.0 Å². The summed E-state index contributed by atoms with van der Waals surface area (Å²) in [4.78, 5) is 8.81. The van der Waals surface area contributed by atoms with Gasteiger partial charge in [-0.3, -0.25) is 4.98 Å². The lowest BCUT2D eigenvalue weighted by atomic mass is 10.2. The van der Waals surface area contributed by atoms with Gasteiger partial charge in [0.2, 0.25) is 0 Å². The molecule has 108 valence electrons. The molecule has 5 heteroatoms. The Morgan fingerprint density at radius 3 is 2.71 bits per heavy atom. The summed E-state index contributed by atoms with van der Waals surface area (Å²) in [6.45, 7) is 6.93. The number of aryl methyl sites for hydroxylation is 1. The minimum absolute atomic E-state index is 0.312. The van der Waals surface area contributed by atoms with Gasteiger partial charge in [0.15, 0.2) is 5.65 Å². The maximum Gasteiger partial charge on any atom is 0.158 e. The van der Waals surface area contributed by atoms with Crippen molar-refractivity contribution < 1.29 is 0 Å². The minimum atomic E-state index is 0.312. The van der Waals surface area contributed by atoms with Gasteiger partial charge in [0, 0.05) is 29.9 Å². The third-order valence-electron chi connectivity index (χ3n) is 3.39. The fraction of sp³-hybridized carbons (Fsp3) is 0.312. The Morgan fingerprint density at radius 1 is 1.14 bits per heavy atom. The maximum absolute atomic E-state index is 4.51. The van der Waals surface area contributed by atoms with Crippen molar-refractivity contribution in [2.24, 2.45) is 0 Å². The first kappa shape index (κ1) is 13.5. The Labute approximate surface area is 124 Å². The molecule has 21 heavy (non-hydrogen) atoms. The van der Waals surface area contributed by atoms with E-state index in [1.54, 1.807) is 0 Å². The Morgan fingerprint density at radius 2 is 2.00 bits per heavy atom. The zero-order chi connectivity index (χ0) is 14.8. The zero-order valence-corrected chi connectivity index (χ0v) is 12.5. The highest BCUT2D eigenvalue weighted by Crippen LogP contribution is 2.19. The molecule has 0 aliphatic carbocycles. The van der Waals surface area contributed by atoms with Crippen LogP contribution in [0.1, 0.15) is 31.1 Å².